The van der Waals surface area contributed by atoms with E-state index in [0.29, 0.717) is 0 Å². The second-order valence-electron chi connectivity index (χ2n) is 0.634. The summed E-state index contributed by atoms with van der Waals surface area (Å²) in [6.45, 7) is 0. The minimum absolute atomic E-state index is 0. The average Bonchev–Trinajstić information content (AvgIpc) is 1.27. The van der Waals surface area contributed by atoms with Crippen LogP contribution in [0.5, 0.6) is 0 Å². The van der Waals surface area contributed by atoms with Crippen LogP contribution in [0.4, 0.5) is 9.59 Å². The van der Waals surface area contributed by atoms with Crippen LogP contribution in [0.3, 0.4) is 0 Å². The molecular weight excluding hydrogens is 214 g/mol. The van der Waals surface area contributed by atoms with E-state index in [9.17, 15) is 9.59 Å². The summed E-state index contributed by atoms with van der Waals surface area (Å²) in [5.41, 5.74) is 0. The van der Waals surface area contributed by atoms with E-state index in [-0.39, 0.29) is 117 Å². The standard InChI is InChI=1S/C2H2O5.2K.2H2O.2H/c3-1(4)7-2(5)6;;;;;;/h(H,3,4)(H,5,6);;;2*1H2;;/q;2*+1;;;2*-1. The van der Waals surface area contributed by atoms with Crippen LogP contribution in [-0.4, -0.2) is 33.5 Å². The Hall–Kier alpha value is 1.93. The predicted molar refractivity (Wildman–Crippen MR) is 26.6 cm³/mol. The van der Waals surface area contributed by atoms with Gasteiger partial charge in [-0.2, -0.15) is 0 Å². The molecule has 0 aliphatic carbocycles. The van der Waals surface area contributed by atoms with Gasteiger partial charge in [0.25, 0.3) is 0 Å². The van der Waals surface area contributed by atoms with Crippen LogP contribution >= 0.6 is 0 Å². The molecule has 0 aromatic rings. The fourth-order valence-corrected chi connectivity index (χ4v) is 0.0747. The third kappa shape index (κ3) is 33.4. The molecule has 0 aliphatic rings. The first kappa shape index (κ1) is 29.3. The number of hydrogen-bond donors (Lipinski definition) is 2. The van der Waals surface area contributed by atoms with E-state index in [0.717, 1.165) is 0 Å². The molecule has 0 aromatic heterocycles. The molecule has 0 rings (SSSR count). The van der Waals surface area contributed by atoms with Crippen molar-refractivity contribution < 1.29 is 141 Å². The molecule has 60 valence electrons. The molecule has 0 saturated carbocycles. The minimum atomic E-state index is -1.81. The largest absolute Gasteiger partial charge is 1.00 e. The molecule has 0 heterocycles. The molecule has 11 heavy (non-hydrogen) atoms. The maximum absolute atomic E-state index is 9.21. The van der Waals surface area contributed by atoms with E-state index in [4.69, 9.17) is 10.2 Å². The topological polar surface area (TPSA) is 147 Å². The van der Waals surface area contributed by atoms with E-state index in [1.807, 2.05) is 0 Å². The zero-order valence-corrected chi connectivity index (χ0v) is 12.4. The Balaban J connectivity index is -0.0000000120. The monoisotopic (exact) mass is 222 g/mol. The van der Waals surface area contributed by atoms with Gasteiger partial charge in [0.15, 0.2) is 0 Å². The van der Waals surface area contributed by atoms with Gasteiger partial charge in [0.2, 0.25) is 0 Å². The third-order valence-electron chi connectivity index (χ3n) is 0.175. The Morgan fingerprint density at radius 3 is 1.18 bits per heavy atom. The predicted octanol–water partition coefficient (Wildman–Crippen LogP) is -7.06. The smallest absolute Gasteiger partial charge is 1.00 e. The van der Waals surface area contributed by atoms with Crippen molar-refractivity contribution in [2.24, 2.45) is 0 Å². The van der Waals surface area contributed by atoms with E-state index in [2.05, 4.69) is 4.74 Å². The van der Waals surface area contributed by atoms with E-state index in [1.165, 1.54) is 0 Å². The zero-order chi connectivity index (χ0) is 5.86. The van der Waals surface area contributed by atoms with Crippen molar-refractivity contribution in [2.75, 3.05) is 0 Å². The fraction of sp³-hybridized carbons (Fsp3) is 0. The maximum atomic E-state index is 9.21. The number of carbonyl (C=O) groups is 2. The van der Waals surface area contributed by atoms with Gasteiger partial charge < -0.3 is 28.8 Å². The van der Waals surface area contributed by atoms with Crippen molar-refractivity contribution in [2.45, 2.75) is 0 Å². The van der Waals surface area contributed by atoms with Crippen LogP contribution in [0.25, 0.3) is 0 Å². The Bertz CT molecular complexity index is 98.7. The summed E-state index contributed by atoms with van der Waals surface area (Å²) in [4.78, 5) is 18.4. The van der Waals surface area contributed by atoms with Gasteiger partial charge in [0.05, 0.1) is 0 Å². The number of carboxylic acid groups (broad SMARTS) is 2. The number of ether oxygens (including phenoxy) is 1. The number of hydrogen-bond acceptors (Lipinski definition) is 3. The molecule has 0 fully saturated rings. The first-order valence-electron chi connectivity index (χ1n) is 1.26. The minimum Gasteiger partial charge on any atom is -1.00 e. The van der Waals surface area contributed by atoms with Crippen LogP contribution in [0, 0.1) is 0 Å². The fourth-order valence-electron chi connectivity index (χ4n) is 0.0747. The summed E-state index contributed by atoms with van der Waals surface area (Å²) in [6, 6.07) is 0. The van der Waals surface area contributed by atoms with Crippen LogP contribution < -0.4 is 103 Å². The van der Waals surface area contributed by atoms with E-state index >= 15 is 0 Å². The molecule has 0 radical (unpaired) electrons. The summed E-state index contributed by atoms with van der Waals surface area (Å²) < 4.78 is 3.08. The van der Waals surface area contributed by atoms with Gasteiger partial charge in [-0.15, -0.1) is 0 Å². The van der Waals surface area contributed by atoms with Crippen molar-refractivity contribution in [3.8, 4) is 0 Å². The molecular formula is C2H8K2O7. The van der Waals surface area contributed by atoms with Crippen LogP contribution in [0.15, 0.2) is 0 Å². The molecule has 7 nitrogen and oxygen atoms in total. The van der Waals surface area contributed by atoms with Gasteiger partial charge in [-0.25, -0.2) is 9.59 Å². The molecule has 6 N–H and O–H groups in total. The molecule has 9 heteroatoms. The van der Waals surface area contributed by atoms with Crippen molar-refractivity contribution in [3.05, 3.63) is 0 Å². The third-order valence-corrected chi connectivity index (χ3v) is 0.175. The first-order chi connectivity index (χ1) is 3.13. The molecule has 0 bridgehead atoms. The van der Waals surface area contributed by atoms with Crippen molar-refractivity contribution in [3.63, 3.8) is 0 Å². The second kappa shape index (κ2) is 17.9. The Morgan fingerprint density at radius 2 is 1.18 bits per heavy atom. The van der Waals surface area contributed by atoms with Crippen LogP contribution in [0.1, 0.15) is 2.85 Å². The molecule has 0 unspecified atom stereocenters. The van der Waals surface area contributed by atoms with Crippen molar-refractivity contribution in [1.82, 2.24) is 0 Å². The Morgan fingerprint density at radius 1 is 1.00 bits per heavy atom. The summed E-state index contributed by atoms with van der Waals surface area (Å²) in [5.74, 6) is 0. The molecule has 0 aromatic carbocycles. The first-order valence-corrected chi connectivity index (χ1v) is 1.26. The van der Waals surface area contributed by atoms with Crippen molar-refractivity contribution in [1.29, 1.82) is 0 Å². The van der Waals surface area contributed by atoms with Gasteiger partial charge >= 0.3 is 115 Å². The Labute approximate surface area is 150 Å². The summed E-state index contributed by atoms with van der Waals surface area (Å²) in [6.07, 6.45) is -3.62. The zero-order valence-electron chi connectivity index (χ0n) is 8.12. The van der Waals surface area contributed by atoms with Gasteiger partial charge in [0, 0.05) is 0 Å². The maximum Gasteiger partial charge on any atom is 1.00 e. The molecule has 0 aliphatic heterocycles. The molecule has 0 amide bonds. The van der Waals surface area contributed by atoms with Gasteiger partial charge in [-0.3, -0.25) is 0 Å². The summed E-state index contributed by atoms with van der Waals surface area (Å²) >= 11 is 0. The van der Waals surface area contributed by atoms with E-state index < -0.39 is 12.3 Å². The normalized spacial score (nSPS) is 4.73. The number of rotatable bonds is 0. The molecule has 0 saturated heterocycles. The molecule has 0 spiro atoms. The van der Waals surface area contributed by atoms with Gasteiger partial charge in [0.1, 0.15) is 0 Å². The van der Waals surface area contributed by atoms with Crippen LogP contribution in [-0.2, 0) is 4.74 Å². The van der Waals surface area contributed by atoms with E-state index in [1.54, 1.807) is 0 Å². The quantitative estimate of drug-likeness (QED) is 0.237. The molecule has 0 atom stereocenters. The summed E-state index contributed by atoms with van der Waals surface area (Å²) in [5, 5.41) is 15.0. The van der Waals surface area contributed by atoms with Gasteiger partial charge in [-0.05, 0) is 0 Å². The van der Waals surface area contributed by atoms with Crippen molar-refractivity contribution >= 4 is 12.3 Å². The second-order valence-corrected chi connectivity index (χ2v) is 0.634. The SMILES string of the molecule is O.O.O=C(O)OC(=O)O.[H-].[H-].[K+].[K+]. The van der Waals surface area contributed by atoms with Gasteiger partial charge in [-0.1, -0.05) is 0 Å². The summed E-state index contributed by atoms with van der Waals surface area (Å²) in [7, 11) is 0. The Kier molecular flexibility index (Phi) is 47.6. The average molecular weight is 222 g/mol. The van der Waals surface area contributed by atoms with Crippen LogP contribution in [0.2, 0.25) is 0 Å².